The van der Waals surface area contributed by atoms with Crippen LogP contribution in [0.3, 0.4) is 0 Å². The number of hydrogen-bond donors (Lipinski definition) is 1. The van der Waals surface area contributed by atoms with Crippen LogP contribution in [0.15, 0.2) is 35.3 Å². The molecule has 0 aliphatic carbocycles. The minimum Gasteiger partial charge on any atom is -0.480 e. The number of aromatic nitrogens is 2. The summed E-state index contributed by atoms with van der Waals surface area (Å²) in [5.74, 6) is -1.04. The zero-order chi connectivity index (χ0) is 11.7. The minimum atomic E-state index is -1.04. The topological polar surface area (TPSA) is 72.2 Å². The average molecular weight is 218 g/mol. The van der Waals surface area contributed by atoms with Crippen molar-refractivity contribution in [2.24, 2.45) is 0 Å². The molecule has 0 radical (unpaired) electrons. The number of hydrogen-bond acceptors (Lipinski definition) is 3. The lowest BCUT2D eigenvalue weighted by Crippen LogP contribution is -2.28. The molecule has 1 N–H and O–H groups in total. The van der Waals surface area contributed by atoms with E-state index in [2.05, 4.69) is 4.98 Å². The number of carboxylic acid groups (broad SMARTS) is 1. The van der Waals surface area contributed by atoms with Gasteiger partial charge in [-0.2, -0.15) is 0 Å². The van der Waals surface area contributed by atoms with Gasteiger partial charge in [-0.05, 0) is 19.1 Å². The highest BCUT2D eigenvalue weighted by atomic mass is 16.4. The molecule has 1 aromatic carbocycles. The van der Waals surface area contributed by atoms with Gasteiger partial charge in [0.2, 0.25) is 0 Å². The number of carbonyl (C=O) groups is 1. The maximum absolute atomic E-state index is 11.6. The number of carboxylic acids is 1. The summed E-state index contributed by atoms with van der Waals surface area (Å²) in [5.41, 5.74) is 0.730. The zero-order valence-corrected chi connectivity index (χ0v) is 8.62. The summed E-state index contributed by atoms with van der Waals surface area (Å²) in [4.78, 5) is 26.5. The Balaban J connectivity index is 2.80. The Hall–Kier alpha value is -2.17. The molecule has 5 heteroatoms. The van der Waals surface area contributed by atoms with Crippen molar-refractivity contribution in [1.82, 2.24) is 9.55 Å². The van der Waals surface area contributed by atoms with E-state index in [1.54, 1.807) is 24.3 Å². The second-order valence-corrected chi connectivity index (χ2v) is 3.47. The van der Waals surface area contributed by atoms with Crippen LogP contribution in [-0.2, 0) is 4.79 Å². The van der Waals surface area contributed by atoms with Crippen molar-refractivity contribution in [2.45, 2.75) is 13.0 Å². The Morgan fingerprint density at radius 2 is 2.12 bits per heavy atom. The molecule has 0 saturated heterocycles. The zero-order valence-electron chi connectivity index (χ0n) is 8.62. The average Bonchev–Trinajstić information content (AvgIpc) is 2.28. The molecule has 5 nitrogen and oxygen atoms in total. The second-order valence-electron chi connectivity index (χ2n) is 3.47. The molecule has 0 saturated carbocycles. The summed E-state index contributed by atoms with van der Waals surface area (Å²) in [6, 6.07) is 6.05. The standard InChI is InChI=1S/C11H10N2O3/c1-7(11(15)16)13-9-5-3-2-4-8(9)12-6-10(13)14/h2-7H,1H3,(H,15,16). The van der Waals surface area contributed by atoms with Crippen LogP contribution in [-0.4, -0.2) is 20.6 Å². The monoisotopic (exact) mass is 218 g/mol. The summed E-state index contributed by atoms with van der Waals surface area (Å²) in [5, 5.41) is 8.94. The normalized spacial score (nSPS) is 12.6. The molecule has 82 valence electrons. The predicted octanol–water partition coefficient (Wildman–Crippen LogP) is 1.04. The van der Waals surface area contributed by atoms with Crippen molar-refractivity contribution in [1.29, 1.82) is 0 Å². The van der Waals surface area contributed by atoms with Gasteiger partial charge in [-0.15, -0.1) is 0 Å². The molecule has 0 aliphatic heterocycles. The summed E-state index contributed by atoms with van der Waals surface area (Å²) < 4.78 is 1.23. The molecule has 0 fully saturated rings. The van der Waals surface area contributed by atoms with Crippen molar-refractivity contribution in [3.8, 4) is 0 Å². The van der Waals surface area contributed by atoms with E-state index in [9.17, 15) is 9.59 Å². The molecule has 0 aliphatic rings. The van der Waals surface area contributed by atoms with Crippen LogP contribution in [0.2, 0.25) is 0 Å². The maximum Gasteiger partial charge on any atom is 0.326 e. The van der Waals surface area contributed by atoms with Gasteiger partial charge >= 0.3 is 5.97 Å². The first-order valence-electron chi connectivity index (χ1n) is 4.80. The van der Waals surface area contributed by atoms with Crippen LogP contribution < -0.4 is 5.56 Å². The first kappa shape index (κ1) is 10.4. The van der Waals surface area contributed by atoms with Gasteiger partial charge < -0.3 is 5.11 Å². The first-order chi connectivity index (χ1) is 7.61. The fraction of sp³-hybridized carbons (Fsp3) is 0.182. The highest BCUT2D eigenvalue weighted by Gasteiger charge is 2.16. The van der Waals surface area contributed by atoms with E-state index in [1.165, 1.54) is 11.5 Å². The van der Waals surface area contributed by atoms with Gasteiger partial charge in [0.05, 0.1) is 17.2 Å². The molecule has 0 amide bonds. The number of benzene rings is 1. The van der Waals surface area contributed by atoms with Crippen molar-refractivity contribution in [3.63, 3.8) is 0 Å². The SMILES string of the molecule is CC(C(=O)O)n1c(=O)cnc2ccccc21. The van der Waals surface area contributed by atoms with Crippen LogP contribution in [0, 0.1) is 0 Å². The Labute approximate surface area is 91.0 Å². The van der Waals surface area contributed by atoms with Crippen molar-refractivity contribution in [2.75, 3.05) is 0 Å². The molecule has 2 aromatic rings. The van der Waals surface area contributed by atoms with Crippen LogP contribution >= 0.6 is 0 Å². The summed E-state index contributed by atoms with van der Waals surface area (Å²) in [6.07, 6.45) is 1.14. The third-order valence-corrected chi connectivity index (χ3v) is 2.44. The predicted molar refractivity (Wildman–Crippen MR) is 58.3 cm³/mol. The van der Waals surface area contributed by atoms with E-state index in [4.69, 9.17) is 5.11 Å². The molecular weight excluding hydrogens is 208 g/mol. The van der Waals surface area contributed by atoms with Gasteiger partial charge in [0, 0.05) is 0 Å². The van der Waals surface area contributed by atoms with Crippen molar-refractivity contribution in [3.05, 3.63) is 40.8 Å². The quantitative estimate of drug-likeness (QED) is 0.817. The third-order valence-electron chi connectivity index (χ3n) is 2.44. The Kier molecular flexibility index (Phi) is 2.44. The van der Waals surface area contributed by atoms with E-state index in [0.717, 1.165) is 6.20 Å². The molecule has 1 heterocycles. The van der Waals surface area contributed by atoms with Gasteiger partial charge in [0.1, 0.15) is 6.04 Å². The van der Waals surface area contributed by atoms with E-state index < -0.39 is 17.6 Å². The number of rotatable bonds is 2. The lowest BCUT2D eigenvalue weighted by Gasteiger charge is -2.12. The van der Waals surface area contributed by atoms with Gasteiger partial charge in [-0.25, -0.2) is 9.78 Å². The van der Waals surface area contributed by atoms with Crippen LogP contribution in [0.1, 0.15) is 13.0 Å². The fourth-order valence-electron chi connectivity index (χ4n) is 1.59. The molecular formula is C11H10N2O3. The summed E-state index contributed by atoms with van der Waals surface area (Å²) >= 11 is 0. The van der Waals surface area contributed by atoms with Crippen LogP contribution in [0.5, 0.6) is 0 Å². The van der Waals surface area contributed by atoms with E-state index in [-0.39, 0.29) is 0 Å². The maximum atomic E-state index is 11.6. The highest BCUT2D eigenvalue weighted by Crippen LogP contribution is 2.13. The van der Waals surface area contributed by atoms with Crippen LogP contribution in [0.25, 0.3) is 11.0 Å². The largest absolute Gasteiger partial charge is 0.480 e. The van der Waals surface area contributed by atoms with E-state index >= 15 is 0 Å². The van der Waals surface area contributed by atoms with Crippen LogP contribution in [0.4, 0.5) is 0 Å². The number of para-hydroxylation sites is 2. The third kappa shape index (κ3) is 1.56. The Bertz CT molecular complexity index is 603. The van der Waals surface area contributed by atoms with Crippen molar-refractivity contribution >= 4 is 17.0 Å². The molecule has 0 bridgehead atoms. The molecule has 16 heavy (non-hydrogen) atoms. The molecule has 1 unspecified atom stereocenters. The Morgan fingerprint density at radius 1 is 1.44 bits per heavy atom. The number of aliphatic carboxylic acids is 1. The summed E-state index contributed by atoms with van der Waals surface area (Å²) in [7, 11) is 0. The molecule has 2 rings (SSSR count). The van der Waals surface area contributed by atoms with E-state index in [0.29, 0.717) is 11.0 Å². The van der Waals surface area contributed by atoms with Gasteiger partial charge in [0.25, 0.3) is 5.56 Å². The molecule has 1 atom stereocenters. The van der Waals surface area contributed by atoms with Gasteiger partial charge in [0.15, 0.2) is 0 Å². The smallest absolute Gasteiger partial charge is 0.326 e. The lowest BCUT2D eigenvalue weighted by atomic mass is 10.2. The molecule has 1 aromatic heterocycles. The van der Waals surface area contributed by atoms with Gasteiger partial charge in [-0.1, -0.05) is 12.1 Å². The van der Waals surface area contributed by atoms with E-state index in [1.807, 2.05) is 0 Å². The highest BCUT2D eigenvalue weighted by molar-refractivity contribution is 5.78. The fourth-order valence-corrected chi connectivity index (χ4v) is 1.59. The first-order valence-corrected chi connectivity index (χ1v) is 4.80. The summed E-state index contributed by atoms with van der Waals surface area (Å²) in [6.45, 7) is 1.47. The Morgan fingerprint density at radius 3 is 2.81 bits per heavy atom. The minimum absolute atomic E-state index is 0.409. The number of nitrogens with zero attached hydrogens (tertiary/aromatic N) is 2. The lowest BCUT2D eigenvalue weighted by molar-refractivity contribution is -0.140. The van der Waals surface area contributed by atoms with Crippen molar-refractivity contribution < 1.29 is 9.90 Å². The molecule has 0 spiro atoms. The number of fused-ring (bicyclic) bond motifs is 1. The van der Waals surface area contributed by atoms with Gasteiger partial charge in [-0.3, -0.25) is 9.36 Å². The second kappa shape index (κ2) is 3.77.